The van der Waals surface area contributed by atoms with Gasteiger partial charge in [0.1, 0.15) is 0 Å². The minimum absolute atomic E-state index is 0.0815. The van der Waals surface area contributed by atoms with Crippen LogP contribution in [0.5, 0.6) is 0 Å². The van der Waals surface area contributed by atoms with E-state index >= 15 is 0 Å². The van der Waals surface area contributed by atoms with Crippen molar-refractivity contribution in [1.29, 1.82) is 5.26 Å². The summed E-state index contributed by atoms with van der Waals surface area (Å²) in [4.78, 5) is 0. The van der Waals surface area contributed by atoms with Gasteiger partial charge >= 0.3 is 0 Å². The number of hydrogen-bond donors (Lipinski definition) is 0. The lowest BCUT2D eigenvalue weighted by Crippen LogP contribution is -2.10. The number of thioether (sulfide) groups is 1. The lowest BCUT2D eigenvalue weighted by molar-refractivity contribution is 0.590. The summed E-state index contributed by atoms with van der Waals surface area (Å²) in [6.07, 6.45) is 0. The normalized spacial score (nSPS) is 12.6. The highest BCUT2D eigenvalue weighted by molar-refractivity contribution is 8.00. The first-order chi connectivity index (χ1) is 12.8. The van der Waals surface area contributed by atoms with Crippen molar-refractivity contribution in [1.82, 2.24) is 14.8 Å². The zero-order valence-electron chi connectivity index (χ0n) is 15.8. The Hall–Kier alpha value is -2.29. The monoisotopic (exact) mass is 396 g/mol. The minimum Gasteiger partial charge on any atom is -0.268 e. The second-order valence-corrected chi connectivity index (χ2v) is 9.02. The van der Waals surface area contributed by atoms with E-state index in [4.69, 9.17) is 11.6 Å². The molecule has 27 heavy (non-hydrogen) atoms. The predicted molar refractivity (Wildman–Crippen MR) is 111 cm³/mol. The highest BCUT2D eigenvalue weighted by Gasteiger charge is 2.20. The first-order valence-electron chi connectivity index (χ1n) is 8.69. The van der Waals surface area contributed by atoms with Gasteiger partial charge in [0.25, 0.3) is 0 Å². The third-order valence-electron chi connectivity index (χ3n) is 4.20. The summed E-state index contributed by atoms with van der Waals surface area (Å²) in [5.74, 6) is 0.705. The first kappa shape index (κ1) is 19.5. The van der Waals surface area contributed by atoms with Gasteiger partial charge in [0.05, 0.1) is 22.0 Å². The average Bonchev–Trinajstić information content (AvgIpc) is 3.04. The van der Waals surface area contributed by atoms with E-state index in [1.165, 1.54) is 17.3 Å². The Bertz CT molecular complexity index is 981. The van der Waals surface area contributed by atoms with Crippen molar-refractivity contribution in [3.8, 4) is 23.1 Å². The van der Waals surface area contributed by atoms with Crippen molar-refractivity contribution in [2.24, 2.45) is 0 Å². The van der Waals surface area contributed by atoms with Gasteiger partial charge in [-0.2, -0.15) is 5.26 Å². The number of hydrogen-bond acceptors (Lipinski definition) is 4. The van der Waals surface area contributed by atoms with Gasteiger partial charge in [-0.15, -0.1) is 10.2 Å². The van der Waals surface area contributed by atoms with E-state index in [9.17, 15) is 5.26 Å². The molecule has 0 fully saturated rings. The van der Waals surface area contributed by atoms with E-state index < -0.39 is 0 Å². The fraction of sp³-hybridized carbons (Fsp3) is 0.286. The largest absolute Gasteiger partial charge is 0.268 e. The van der Waals surface area contributed by atoms with Crippen LogP contribution in [0.25, 0.3) is 17.1 Å². The molecule has 3 rings (SSSR count). The maximum absolute atomic E-state index is 9.19. The Morgan fingerprint density at radius 2 is 1.74 bits per heavy atom. The van der Waals surface area contributed by atoms with Crippen molar-refractivity contribution in [2.75, 3.05) is 0 Å². The molecule has 0 aliphatic rings. The number of nitriles is 1. The third kappa shape index (κ3) is 4.18. The lowest BCUT2D eigenvalue weighted by atomic mass is 9.87. The van der Waals surface area contributed by atoms with Crippen molar-refractivity contribution in [2.45, 2.75) is 43.5 Å². The van der Waals surface area contributed by atoms with Crippen LogP contribution in [0.2, 0.25) is 5.02 Å². The highest BCUT2D eigenvalue weighted by atomic mass is 35.5. The standard InChI is InChI=1S/C21H21ClN4S/c1-14(13-23)27-20-25-24-19(26(20)18-8-6-5-7-17(18)22)15-9-11-16(12-10-15)21(2,3)4/h5-12,14H,1-4H3/t14-/m1/s1. The van der Waals surface area contributed by atoms with Crippen molar-refractivity contribution >= 4 is 23.4 Å². The van der Waals surface area contributed by atoms with Crippen LogP contribution in [-0.2, 0) is 5.41 Å². The Balaban J connectivity index is 2.14. The molecule has 138 valence electrons. The number of para-hydroxylation sites is 1. The van der Waals surface area contributed by atoms with Crippen molar-refractivity contribution in [3.05, 3.63) is 59.1 Å². The zero-order chi connectivity index (χ0) is 19.6. The molecule has 0 N–H and O–H groups in total. The number of halogens is 1. The quantitative estimate of drug-likeness (QED) is 0.516. The summed E-state index contributed by atoms with van der Waals surface area (Å²) >= 11 is 7.82. The molecule has 1 aromatic heterocycles. The molecule has 0 saturated carbocycles. The van der Waals surface area contributed by atoms with Crippen LogP contribution in [0.3, 0.4) is 0 Å². The van der Waals surface area contributed by atoms with Crippen molar-refractivity contribution < 1.29 is 0 Å². The first-order valence-corrected chi connectivity index (χ1v) is 9.94. The zero-order valence-corrected chi connectivity index (χ0v) is 17.3. The summed E-state index contributed by atoms with van der Waals surface area (Å²) in [5, 5.41) is 18.9. The van der Waals surface area contributed by atoms with Crippen LogP contribution in [0.1, 0.15) is 33.3 Å². The van der Waals surface area contributed by atoms with Gasteiger partial charge < -0.3 is 0 Å². The predicted octanol–water partition coefficient (Wildman–Crippen LogP) is 5.89. The fourth-order valence-corrected chi connectivity index (χ4v) is 3.65. The summed E-state index contributed by atoms with van der Waals surface area (Å²) in [7, 11) is 0. The molecule has 0 saturated heterocycles. The molecular weight excluding hydrogens is 376 g/mol. The molecule has 1 atom stereocenters. The Morgan fingerprint density at radius 3 is 2.33 bits per heavy atom. The van der Waals surface area contributed by atoms with E-state index in [2.05, 4.69) is 61.3 Å². The smallest absolute Gasteiger partial charge is 0.197 e. The van der Waals surface area contributed by atoms with Gasteiger partial charge in [-0.05, 0) is 30.0 Å². The van der Waals surface area contributed by atoms with Crippen LogP contribution in [0.15, 0.2) is 53.7 Å². The molecule has 0 unspecified atom stereocenters. The van der Waals surface area contributed by atoms with Crippen LogP contribution in [0, 0.1) is 11.3 Å². The summed E-state index contributed by atoms with van der Waals surface area (Å²) in [5.41, 5.74) is 3.08. The van der Waals surface area contributed by atoms with E-state index in [0.29, 0.717) is 16.0 Å². The summed E-state index contributed by atoms with van der Waals surface area (Å²) < 4.78 is 1.92. The van der Waals surface area contributed by atoms with E-state index in [0.717, 1.165) is 11.3 Å². The van der Waals surface area contributed by atoms with Gasteiger partial charge in [0.2, 0.25) is 0 Å². The maximum Gasteiger partial charge on any atom is 0.197 e. The van der Waals surface area contributed by atoms with E-state index in [1.807, 2.05) is 35.8 Å². The van der Waals surface area contributed by atoms with Gasteiger partial charge in [0.15, 0.2) is 11.0 Å². The van der Waals surface area contributed by atoms with Crippen LogP contribution in [-0.4, -0.2) is 20.0 Å². The number of aromatic nitrogens is 3. The molecule has 0 bridgehead atoms. The SMILES string of the molecule is C[C@H](C#N)Sc1nnc(-c2ccc(C(C)(C)C)cc2)n1-c1ccccc1Cl. The summed E-state index contributed by atoms with van der Waals surface area (Å²) in [6, 6.07) is 18.2. The van der Waals surface area contributed by atoms with Crippen LogP contribution < -0.4 is 0 Å². The topological polar surface area (TPSA) is 54.5 Å². The minimum atomic E-state index is -0.244. The Labute approximate surface area is 169 Å². The maximum atomic E-state index is 9.19. The number of benzene rings is 2. The van der Waals surface area contributed by atoms with E-state index in [-0.39, 0.29) is 10.7 Å². The second kappa shape index (κ2) is 7.75. The van der Waals surface area contributed by atoms with Gasteiger partial charge in [0, 0.05) is 5.56 Å². The third-order valence-corrected chi connectivity index (χ3v) is 5.45. The molecule has 4 nitrogen and oxygen atoms in total. The molecule has 6 heteroatoms. The lowest BCUT2D eigenvalue weighted by Gasteiger charge is -2.19. The highest BCUT2D eigenvalue weighted by Crippen LogP contribution is 2.33. The van der Waals surface area contributed by atoms with Crippen molar-refractivity contribution in [3.63, 3.8) is 0 Å². The molecular formula is C21H21ClN4S. The molecule has 0 aliphatic carbocycles. The van der Waals surface area contributed by atoms with Crippen LogP contribution in [0.4, 0.5) is 0 Å². The molecule has 2 aromatic carbocycles. The van der Waals surface area contributed by atoms with Gasteiger partial charge in [-0.25, -0.2) is 0 Å². The van der Waals surface area contributed by atoms with Crippen LogP contribution >= 0.6 is 23.4 Å². The van der Waals surface area contributed by atoms with Gasteiger partial charge in [-0.1, -0.05) is 80.5 Å². The molecule has 0 radical (unpaired) electrons. The number of nitrogens with zero attached hydrogens (tertiary/aromatic N) is 4. The Morgan fingerprint density at radius 1 is 1.07 bits per heavy atom. The molecule has 0 amide bonds. The van der Waals surface area contributed by atoms with E-state index in [1.54, 1.807) is 0 Å². The van der Waals surface area contributed by atoms with Gasteiger partial charge in [-0.3, -0.25) is 4.57 Å². The molecule has 3 aromatic rings. The molecule has 0 spiro atoms. The molecule has 0 aliphatic heterocycles. The summed E-state index contributed by atoms with van der Waals surface area (Å²) in [6.45, 7) is 8.40. The second-order valence-electron chi connectivity index (χ2n) is 7.31. The molecule has 1 heterocycles. The average molecular weight is 397 g/mol. The number of rotatable bonds is 4. The fourth-order valence-electron chi connectivity index (χ4n) is 2.69. The Kier molecular flexibility index (Phi) is 5.59.